The number of aromatic nitrogens is 1. The molecular formula is C21H24FN3O. The third-order valence-corrected chi connectivity index (χ3v) is 5.22. The maximum absolute atomic E-state index is 14.0. The van der Waals surface area contributed by atoms with E-state index in [-0.39, 0.29) is 12.4 Å². The van der Waals surface area contributed by atoms with Gasteiger partial charge in [-0.3, -0.25) is 4.90 Å². The lowest BCUT2D eigenvalue weighted by Crippen LogP contribution is -2.47. The van der Waals surface area contributed by atoms with Gasteiger partial charge in [-0.15, -0.1) is 0 Å². The molecule has 1 aromatic heterocycles. The molecule has 2 heterocycles. The Labute approximate surface area is 153 Å². The number of β-amino-alcohol motifs (C(OH)–C–C–N with tert-alkyl or cyclic N) is 1. The average Bonchev–Trinajstić information content (AvgIpc) is 3.08. The summed E-state index contributed by atoms with van der Waals surface area (Å²) in [6.45, 7) is 5.34. The predicted molar refractivity (Wildman–Crippen MR) is 103 cm³/mol. The standard InChI is InChI=1S/C21H24FN3O/c22-19-5-2-1-4-17(19)16-25-9-8-18-20(6-3-7-21(18)25)24-12-10-23(11-13-24)14-15-26/h1-9,26H,10-16H2. The molecule has 0 saturated carbocycles. The van der Waals surface area contributed by atoms with Crippen molar-refractivity contribution >= 4 is 16.6 Å². The summed E-state index contributed by atoms with van der Waals surface area (Å²) in [4.78, 5) is 4.70. The fourth-order valence-corrected chi connectivity index (χ4v) is 3.78. The molecular weight excluding hydrogens is 329 g/mol. The van der Waals surface area contributed by atoms with E-state index < -0.39 is 0 Å². The second-order valence-corrected chi connectivity index (χ2v) is 6.80. The number of benzene rings is 2. The molecule has 1 aliphatic rings. The van der Waals surface area contributed by atoms with Gasteiger partial charge >= 0.3 is 0 Å². The van der Waals surface area contributed by atoms with Crippen molar-refractivity contribution in [2.24, 2.45) is 0 Å². The van der Waals surface area contributed by atoms with Crippen LogP contribution in [0, 0.1) is 5.82 Å². The molecule has 0 radical (unpaired) electrons. The normalized spacial score (nSPS) is 15.7. The van der Waals surface area contributed by atoms with Crippen molar-refractivity contribution in [3.63, 3.8) is 0 Å². The molecule has 0 atom stereocenters. The van der Waals surface area contributed by atoms with E-state index in [1.54, 1.807) is 6.07 Å². The topological polar surface area (TPSA) is 31.6 Å². The van der Waals surface area contributed by atoms with E-state index in [1.165, 1.54) is 17.1 Å². The van der Waals surface area contributed by atoms with Gasteiger partial charge in [0.25, 0.3) is 0 Å². The summed E-state index contributed by atoms with van der Waals surface area (Å²) in [6.07, 6.45) is 2.04. The number of anilines is 1. The second kappa shape index (κ2) is 7.48. The SMILES string of the molecule is OCCN1CCN(c2cccc3c2ccn3Cc2ccccc2F)CC1. The number of aliphatic hydroxyl groups excluding tert-OH is 1. The summed E-state index contributed by atoms with van der Waals surface area (Å²) in [5.74, 6) is -0.162. The van der Waals surface area contributed by atoms with Crippen LogP contribution in [0.1, 0.15) is 5.56 Å². The number of aliphatic hydroxyl groups is 1. The summed E-state index contributed by atoms with van der Waals surface area (Å²) in [7, 11) is 0. The zero-order valence-corrected chi connectivity index (χ0v) is 14.8. The largest absolute Gasteiger partial charge is 0.395 e. The highest BCUT2D eigenvalue weighted by Crippen LogP contribution is 2.29. The van der Waals surface area contributed by atoms with Crippen LogP contribution in [0.5, 0.6) is 0 Å². The Morgan fingerprint density at radius 1 is 0.923 bits per heavy atom. The van der Waals surface area contributed by atoms with Crippen LogP contribution in [-0.4, -0.2) is 53.9 Å². The van der Waals surface area contributed by atoms with Crippen molar-refractivity contribution in [1.82, 2.24) is 9.47 Å². The Balaban J connectivity index is 1.59. The number of nitrogens with zero attached hydrogens (tertiary/aromatic N) is 3. The highest BCUT2D eigenvalue weighted by molar-refractivity contribution is 5.93. The van der Waals surface area contributed by atoms with Gasteiger partial charge in [-0.2, -0.15) is 0 Å². The zero-order chi connectivity index (χ0) is 17.9. The van der Waals surface area contributed by atoms with Gasteiger partial charge in [0.1, 0.15) is 5.82 Å². The van der Waals surface area contributed by atoms with Gasteiger partial charge in [0.2, 0.25) is 0 Å². The van der Waals surface area contributed by atoms with Crippen molar-refractivity contribution in [3.8, 4) is 0 Å². The first-order chi connectivity index (χ1) is 12.8. The number of hydrogen-bond donors (Lipinski definition) is 1. The Hall–Kier alpha value is -2.37. The van der Waals surface area contributed by atoms with Gasteiger partial charge in [0.15, 0.2) is 0 Å². The third-order valence-electron chi connectivity index (χ3n) is 5.22. The van der Waals surface area contributed by atoms with Crippen LogP contribution < -0.4 is 4.90 Å². The Bertz CT molecular complexity index is 884. The van der Waals surface area contributed by atoms with Crippen LogP contribution in [0.15, 0.2) is 54.7 Å². The maximum Gasteiger partial charge on any atom is 0.128 e. The fraction of sp³-hybridized carbons (Fsp3) is 0.333. The Kier molecular flexibility index (Phi) is 4.91. The predicted octanol–water partition coefficient (Wildman–Crippen LogP) is 2.94. The van der Waals surface area contributed by atoms with Crippen LogP contribution in [0.3, 0.4) is 0 Å². The molecule has 0 amide bonds. The van der Waals surface area contributed by atoms with Gasteiger partial charge in [-0.25, -0.2) is 4.39 Å². The minimum Gasteiger partial charge on any atom is -0.395 e. The molecule has 2 aromatic carbocycles. The molecule has 1 N–H and O–H groups in total. The monoisotopic (exact) mass is 353 g/mol. The van der Waals surface area contributed by atoms with Crippen molar-refractivity contribution in [1.29, 1.82) is 0 Å². The summed E-state index contributed by atoms with van der Waals surface area (Å²) in [6, 6.07) is 15.4. The van der Waals surface area contributed by atoms with Gasteiger partial charge in [-0.1, -0.05) is 24.3 Å². The maximum atomic E-state index is 14.0. The van der Waals surface area contributed by atoms with E-state index in [0.717, 1.165) is 38.2 Å². The minimum absolute atomic E-state index is 0.162. The second-order valence-electron chi connectivity index (χ2n) is 6.80. The zero-order valence-electron chi connectivity index (χ0n) is 14.8. The first kappa shape index (κ1) is 17.1. The summed E-state index contributed by atoms with van der Waals surface area (Å²) < 4.78 is 16.1. The third kappa shape index (κ3) is 3.32. The number of fused-ring (bicyclic) bond motifs is 1. The molecule has 1 fully saturated rings. The molecule has 0 spiro atoms. The smallest absolute Gasteiger partial charge is 0.128 e. The van der Waals surface area contributed by atoms with E-state index in [1.807, 2.05) is 18.3 Å². The highest BCUT2D eigenvalue weighted by atomic mass is 19.1. The van der Waals surface area contributed by atoms with Gasteiger partial charge in [0, 0.05) is 55.6 Å². The number of rotatable bonds is 5. The van der Waals surface area contributed by atoms with E-state index in [4.69, 9.17) is 5.11 Å². The van der Waals surface area contributed by atoms with Gasteiger partial charge < -0.3 is 14.6 Å². The molecule has 4 nitrogen and oxygen atoms in total. The van der Waals surface area contributed by atoms with Crippen molar-refractivity contribution < 1.29 is 9.50 Å². The Morgan fingerprint density at radius 2 is 1.73 bits per heavy atom. The number of halogens is 1. The average molecular weight is 353 g/mol. The molecule has 4 rings (SSSR count). The lowest BCUT2D eigenvalue weighted by atomic mass is 10.1. The first-order valence-corrected chi connectivity index (χ1v) is 9.15. The number of piperazine rings is 1. The number of hydrogen-bond acceptors (Lipinski definition) is 3. The van der Waals surface area contributed by atoms with E-state index in [2.05, 4.69) is 38.6 Å². The van der Waals surface area contributed by atoms with E-state index >= 15 is 0 Å². The first-order valence-electron chi connectivity index (χ1n) is 9.15. The van der Waals surface area contributed by atoms with E-state index in [9.17, 15) is 4.39 Å². The van der Waals surface area contributed by atoms with Crippen molar-refractivity contribution in [2.45, 2.75) is 6.54 Å². The molecule has 1 saturated heterocycles. The molecule has 3 aromatic rings. The quantitative estimate of drug-likeness (QED) is 0.765. The van der Waals surface area contributed by atoms with E-state index in [0.29, 0.717) is 12.1 Å². The van der Waals surface area contributed by atoms with Gasteiger partial charge in [-0.05, 0) is 24.3 Å². The van der Waals surface area contributed by atoms with Crippen molar-refractivity contribution in [2.75, 3.05) is 44.2 Å². The summed E-state index contributed by atoms with van der Waals surface area (Å²) in [5.41, 5.74) is 3.06. The molecule has 0 unspecified atom stereocenters. The lowest BCUT2D eigenvalue weighted by molar-refractivity contribution is 0.189. The van der Waals surface area contributed by atoms with Crippen molar-refractivity contribution in [3.05, 3.63) is 66.1 Å². The molecule has 26 heavy (non-hydrogen) atoms. The molecule has 0 aliphatic carbocycles. The van der Waals surface area contributed by atoms with Crippen LogP contribution in [0.2, 0.25) is 0 Å². The molecule has 136 valence electrons. The lowest BCUT2D eigenvalue weighted by Gasteiger charge is -2.36. The van der Waals surface area contributed by atoms with Crippen LogP contribution in [0.25, 0.3) is 10.9 Å². The van der Waals surface area contributed by atoms with Crippen LogP contribution in [0.4, 0.5) is 10.1 Å². The minimum atomic E-state index is -0.162. The summed E-state index contributed by atoms with van der Waals surface area (Å²) in [5, 5.41) is 10.3. The van der Waals surface area contributed by atoms with Crippen LogP contribution in [-0.2, 0) is 6.54 Å². The molecule has 0 bridgehead atoms. The Morgan fingerprint density at radius 3 is 2.50 bits per heavy atom. The molecule has 1 aliphatic heterocycles. The van der Waals surface area contributed by atoms with Gasteiger partial charge in [0.05, 0.1) is 18.7 Å². The summed E-state index contributed by atoms with van der Waals surface area (Å²) >= 11 is 0. The molecule has 5 heteroatoms. The highest BCUT2D eigenvalue weighted by Gasteiger charge is 2.19. The fourth-order valence-electron chi connectivity index (χ4n) is 3.78. The van der Waals surface area contributed by atoms with Crippen LogP contribution >= 0.6 is 0 Å².